The van der Waals surface area contributed by atoms with E-state index in [4.69, 9.17) is 9.57 Å². The average molecular weight is 342 g/mol. The average Bonchev–Trinajstić information content (AvgIpc) is 3.27. The molecule has 1 fully saturated rings. The van der Waals surface area contributed by atoms with Crippen molar-refractivity contribution in [2.45, 2.75) is 52.6 Å². The second kappa shape index (κ2) is 7.68. The minimum atomic E-state index is 0.102. The highest BCUT2D eigenvalue weighted by atomic mass is 16.6. The molecule has 0 saturated heterocycles. The highest BCUT2D eigenvalue weighted by Gasteiger charge is 2.18. The van der Waals surface area contributed by atoms with Gasteiger partial charge in [0.05, 0.1) is 6.61 Å². The minimum Gasteiger partial charge on any atom is -0.493 e. The zero-order valence-corrected chi connectivity index (χ0v) is 15.2. The second-order valence-electron chi connectivity index (χ2n) is 7.64. The topological polar surface area (TPSA) is 61.5 Å². The summed E-state index contributed by atoms with van der Waals surface area (Å²) in [5.41, 5.74) is 0.986. The van der Waals surface area contributed by atoms with E-state index in [1.807, 2.05) is 24.3 Å². The van der Waals surface area contributed by atoms with Gasteiger partial charge in [-0.05, 0) is 43.2 Å². The standard InChI is InChI=1S/C19H26N4O2/c1-19(2,3)12-24-17-10-6-7-15(11-17)18(23-14-20-13-21-23)22-25-16-8-4-5-9-16/h6-7,10-11,13-14,16H,4-5,8-9,12H2,1-3H3. The molecule has 0 radical (unpaired) electrons. The van der Waals surface area contributed by atoms with E-state index >= 15 is 0 Å². The van der Waals surface area contributed by atoms with Crippen molar-refractivity contribution < 1.29 is 9.57 Å². The number of aromatic nitrogens is 3. The Hall–Kier alpha value is -2.37. The van der Waals surface area contributed by atoms with Gasteiger partial charge in [-0.15, -0.1) is 0 Å². The molecule has 3 rings (SSSR count). The molecule has 1 saturated carbocycles. The zero-order chi connectivity index (χ0) is 17.7. The molecule has 0 spiro atoms. The lowest BCUT2D eigenvalue weighted by Crippen LogP contribution is -2.18. The monoisotopic (exact) mass is 342 g/mol. The summed E-state index contributed by atoms with van der Waals surface area (Å²) in [5, 5.41) is 8.60. The van der Waals surface area contributed by atoms with Gasteiger partial charge in [0, 0.05) is 5.56 Å². The lowest BCUT2D eigenvalue weighted by Gasteiger charge is -2.19. The number of ether oxygens (including phenoxy) is 1. The second-order valence-corrected chi connectivity index (χ2v) is 7.64. The van der Waals surface area contributed by atoms with Gasteiger partial charge in [0.1, 0.15) is 24.5 Å². The van der Waals surface area contributed by atoms with E-state index in [1.54, 1.807) is 11.0 Å². The molecule has 6 heteroatoms. The summed E-state index contributed by atoms with van der Waals surface area (Å²) in [7, 11) is 0. The Morgan fingerprint density at radius 2 is 2.08 bits per heavy atom. The van der Waals surface area contributed by atoms with Crippen molar-refractivity contribution in [1.29, 1.82) is 0 Å². The molecule has 0 atom stereocenters. The predicted molar refractivity (Wildman–Crippen MR) is 96.7 cm³/mol. The summed E-state index contributed by atoms with van der Waals surface area (Å²) in [6.07, 6.45) is 7.83. The largest absolute Gasteiger partial charge is 0.493 e. The van der Waals surface area contributed by atoms with E-state index < -0.39 is 0 Å². The Bertz CT molecular complexity index is 698. The fraction of sp³-hybridized carbons (Fsp3) is 0.526. The summed E-state index contributed by atoms with van der Waals surface area (Å²) in [4.78, 5) is 9.78. The molecule has 134 valence electrons. The van der Waals surface area contributed by atoms with E-state index in [-0.39, 0.29) is 11.5 Å². The molecule has 1 heterocycles. The highest BCUT2D eigenvalue weighted by Crippen LogP contribution is 2.22. The maximum absolute atomic E-state index is 5.92. The van der Waals surface area contributed by atoms with Gasteiger partial charge < -0.3 is 9.57 Å². The smallest absolute Gasteiger partial charge is 0.201 e. The van der Waals surface area contributed by atoms with Crippen LogP contribution in [0.2, 0.25) is 0 Å². The van der Waals surface area contributed by atoms with Gasteiger partial charge >= 0.3 is 0 Å². The van der Waals surface area contributed by atoms with E-state index in [9.17, 15) is 0 Å². The number of hydrogen-bond donors (Lipinski definition) is 0. The van der Waals surface area contributed by atoms with Crippen LogP contribution < -0.4 is 4.74 Å². The molecule has 0 unspecified atom stereocenters. The number of rotatable bonds is 5. The van der Waals surface area contributed by atoms with Gasteiger partial charge in [-0.1, -0.05) is 38.1 Å². The van der Waals surface area contributed by atoms with Crippen molar-refractivity contribution in [3.63, 3.8) is 0 Å². The highest BCUT2D eigenvalue weighted by molar-refractivity contribution is 5.99. The molecule has 1 aliphatic rings. The summed E-state index contributed by atoms with van der Waals surface area (Å²) in [6.45, 7) is 7.09. The summed E-state index contributed by atoms with van der Waals surface area (Å²) in [6, 6.07) is 7.84. The van der Waals surface area contributed by atoms with Crippen molar-refractivity contribution in [1.82, 2.24) is 14.8 Å². The van der Waals surface area contributed by atoms with Gasteiger partial charge in [-0.25, -0.2) is 4.98 Å². The van der Waals surface area contributed by atoms with Crippen LogP contribution in [-0.2, 0) is 4.84 Å². The quantitative estimate of drug-likeness (QED) is 0.470. The first-order chi connectivity index (χ1) is 12.0. The van der Waals surface area contributed by atoms with Gasteiger partial charge in [0.15, 0.2) is 0 Å². The molecule has 0 bridgehead atoms. The SMILES string of the molecule is CC(C)(C)COc1cccc(C(=NOC2CCCC2)n2cncn2)c1. The Balaban J connectivity index is 1.81. The van der Waals surface area contributed by atoms with Crippen LogP contribution >= 0.6 is 0 Å². The summed E-state index contributed by atoms with van der Waals surface area (Å²) < 4.78 is 7.54. The van der Waals surface area contributed by atoms with Crippen molar-refractivity contribution in [2.75, 3.05) is 6.61 Å². The number of benzene rings is 1. The third-order valence-corrected chi connectivity index (χ3v) is 3.99. The van der Waals surface area contributed by atoms with E-state index in [1.165, 1.54) is 19.2 Å². The number of nitrogens with zero attached hydrogens (tertiary/aromatic N) is 4. The van der Waals surface area contributed by atoms with E-state index in [0.29, 0.717) is 12.4 Å². The van der Waals surface area contributed by atoms with Crippen LogP contribution in [0.4, 0.5) is 0 Å². The van der Waals surface area contributed by atoms with Crippen LogP contribution in [0.1, 0.15) is 52.0 Å². The van der Waals surface area contributed by atoms with Crippen molar-refractivity contribution in [3.8, 4) is 5.75 Å². The Labute approximate surface area is 148 Å². The molecule has 0 N–H and O–H groups in total. The van der Waals surface area contributed by atoms with Gasteiger partial charge in [0.25, 0.3) is 0 Å². The minimum absolute atomic E-state index is 0.102. The maximum atomic E-state index is 5.92. The normalized spacial score (nSPS) is 16.2. The molecular weight excluding hydrogens is 316 g/mol. The molecule has 25 heavy (non-hydrogen) atoms. The van der Waals surface area contributed by atoms with E-state index in [0.717, 1.165) is 24.2 Å². The fourth-order valence-corrected chi connectivity index (χ4v) is 2.69. The van der Waals surface area contributed by atoms with Crippen LogP contribution in [-0.4, -0.2) is 33.3 Å². The van der Waals surface area contributed by atoms with Crippen molar-refractivity contribution >= 4 is 5.84 Å². The van der Waals surface area contributed by atoms with Crippen molar-refractivity contribution in [2.24, 2.45) is 10.6 Å². The third-order valence-electron chi connectivity index (χ3n) is 3.99. The number of hydrogen-bond acceptors (Lipinski definition) is 5. The lowest BCUT2D eigenvalue weighted by molar-refractivity contribution is 0.0637. The summed E-state index contributed by atoms with van der Waals surface area (Å²) >= 11 is 0. The molecule has 1 aromatic heterocycles. The van der Waals surface area contributed by atoms with Gasteiger partial charge in [-0.2, -0.15) is 9.78 Å². The van der Waals surface area contributed by atoms with E-state index in [2.05, 4.69) is 36.0 Å². The first kappa shape index (κ1) is 17.5. The molecule has 2 aromatic rings. The molecular formula is C19H26N4O2. The first-order valence-electron chi connectivity index (χ1n) is 8.83. The molecule has 1 aromatic carbocycles. The molecule has 0 aliphatic heterocycles. The zero-order valence-electron chi connectivity index (χ0n) is 15.2. The molecule has 0 amide bonds. The Kier molecular flexibility index (Phi) is 5.36. The number of oxime groups is 1. The Morgan fingerprint density at radius 1 is 1.28 bits per heavy atom. The third kappa shape index (κ3) is 5.05. The van der Waals surface area contributed by atoms with Crippen LogP contribution in [0.15, 0.2) is 42.1 Å². The van der Waals surface area contributed by atoms with Crippen LogP contribution in [0.25, 0.3) is 0 Å². The maximum Gasteiger partial charge on any atom is 0.201 e. The van der Waals surface area contributed by atoms with Crippen LogP contribution in [0, 0.1) is 5.41 Å². The first-order valence-corrected chi connectivity index (χ1v) is 8.83. The summed E-state index contributed by atoms with van der Waals surface area (Å²) in [5.74, 6) is 1.42. The molecule has 1 aliphatic carbocycles. The predicted octanol–water partition coefficient (Wildman–Crippen LogP) is 3.87. The van der Waals surface area contributed by atoms with Gasteiger partial charge in [0.2, 0.25) is 5.84 Å². The van der Waals surface area contributed by atoms with Crippen molar-refractivity contribution in [3.05, 3.63) is 42.5 Å². The van der Waals surface area contributed by atoms with Gasteiger partial charge in [-0.3, -0.25) is 0 Å². The lowest BCUT2D eigenvalue weighted by atomic mass is 9.99. The fourth-order valence-electron chi connectivity index (χ4n) is 2.69. The molecule has 6 nitrogen and oxygen atoms in total. The van der Waals surface area contributed by atoms with Crippen LogP contribution in [0.5, 0.6) is 5.75 Å². The van der Waals surface area contributed by atoms with Crippen LogP contribution in [0.3, 0.4) is 0 Å². The Morgan fingerprint density at radius 3 is 2.76 bits per heavy atom.